The van der Waals surface area contributed by atoms with Gasteiger partial charge in [0.15, 0.2) is 5.13 Å². The first-order valence-corrected chi connectivity index (χ1v) is 9.58. The highest BCUT2D eigenvalue weighted by Gasteiger charge is 2.50. The zero-order valence-corrected chi connectivity index (χ0v) is 15.8. The lowest BCUT2D eigenvalue weighted by Gasteiger charge is -2.21. The number of benzene rings is 1. The van der Waals surface area contributed by atoms with Crippen molar-refractivity contribution >= 4 is 44.4 Å². The number of fused-ring (bicyclic) bond motifs is 2. The van der Waals surface area contributed by atoms with E-state index in [-0.39, 0.29) is 23.7 Å². The van der Waals surface area contributed by atoms with E-state index in [2.05, 4.69) is 10.3 Å². The molecule has 0 radical (unpaired) electrons. The number of ether oxygens (including phenoxy) is 1. The average Bonchev–Trinajstić information content (AvgIpc) is 3.19. The highest BCUT2D eigenvalue weighted by molar-refractivity contribution is 7.22. The van der Waals surface area contributed by atoms with Gasteiger partial charge in [0.1, 0.15) is 11.8 Å². The summed E-state index contributed by atoms with van der Waals surface area (Å²) in [4.78, 5) is 43.4. The summed E-state index contributed by atoms with van der Waals surface area (Å²) in [6.07, 6.45) is 4.96. The lowest BCUT2D eigenvalue weighted by molar-refractivity contribution is -0.146. The monoisotopic (exact) mass is 385 g/mol. The third-order valence-electron chi connectivity index (χ3n) is 5.13. The molecule has 0 bridgehead atoms. The molecule has 140 valence electrons. The van der Waals surface area contributed by atoms with Crippen LogP contribution in [0.25, 0.3) is 10.2 Å². The number of imide groups is 1. The molecule has 4 rings (SSSR count). The highest BCUT2D eigenvalue weighted by Crippen LogP contribution is 2.36. The van der Waals surface area contributed by atoms with E-state index in [0.717, 1.165) is 15.1 Å². The topological polar surface area (TPSA) is 88.6 Å². The summed E-state index contributed by atoms with van der Waals surface area (Å²) in [5.74, 6) is -0.909. The van der Waals surface area contributed by atoms with E-state index in [4.69, 9.17) is 4.74 Å². The Hall–Kier alpha value is -2.74. The minimum atomic E-state index is -0.878. The first-order valence-electron chi connectivity index (χ1n) is 8.77. The smallest absolute Gasteiger partial charge is 0.249 e. The van der Waals surface area contributed by atoms with Crippen LogP contribution in [0, 0.1) is 11.8 Å². The molecule has 1 aromatic carbocycles. The standard InChI is InChI=1S/C19H19N3O4S/c1-10(22-17(24)12-5-3-4-6-13(12)18(22)25)16(23)21-19-20-14-8-7-11(26-2)9-15(14)27-19/h3-4,7-10,12-13H,5-6H2,1-2H3,(H,20,21,23)/t10-,12-,13-/m0/s1. The average molecular weight is 385 g/mol. The van der Waals surface area contributed by atoms with Gasteiger partial charge in [-0.2, -0.15) is 0 Å². The van der Waals surface area contributed by atoms with Crippen molar-refractivity contribution in [3.05, 3.63) is 30.4 Å². The molecule has 0 saturated carbocycles. The first kappa shape index (κ1) is 17.7. The van der Waals surface area contributed by atoms with Gasteiger partial charge >= 0.3 is 0 Å². The number of rotatable bonds is 4. The van der Waals surface area contributed by atoms with E-state index in [1.165, 1.54) is 11.3 Å². The zero-order valence-electron chi connectivity index (χ0n) is 15.0. The number of carbonyl (C=O) groups excluding carboxylic acids is 3. The summed E-state index contributed by atoms with van der Waals surface area (Å²) < 4.78 is 6.07. The third kappa shape index (κ3) is 2.99. The van der Waals surface area contributed by atoms with Crippen molar-refractivity contribution in [2.75, 3.05) is 12.4 Å². The molecule has 7 nitrogen and oxygen atoms in total. The van der Waals surface area contributed by atoms with Gasteiger partial charge in [-0.25, -0.2) is 4.98 Å². The predicted molar refractivity (Wildman–Crippen MR) is 101 cm³/mol. The Morgan fingerprint density at radius 3 is 2.56 bits per heavy atom. The minimum absolute atomic E-state index is 0.258. The molecule has 0 spiro atoms. The van der Waals surface area contributed by atoms with Gasteiger partial charge in [-0.3, -0.25) is 19.3 Å². The number of hydrogen-bond acceptors (Lipinski definition) is 6. The van der Waals surface area contributed by atoms with Crippen molar-refractivity contribution in [1.82, 2.24) is 9.88 Å². The van der Waals surface area contributed by atoms with E-state index in [1.54, 1.807) is 20.1 Å². The number of anilines is 1. The van der Waals surface area contributed by atoms with Crippen molar-refractivity contribution in [3.8, 4) is 5.75 Å². The van der Waals surface area contributed by atoms with Gasteiger partial charge in [-0.1, -0.05) is 23.5 Å². The quantitative estimate of drug-likeness (QED) is 0.646. The second kappa shape index (κ2) is 6.77. The molecule has 27 heavy (non-hydrogen) atoms. The summed E-state index contributed by atoms with van der Waals surface area (Å²) in [6.45, 7) is 1.58. The van der Waals surface area contributed by atoms with Crippen molar-refractivity contribution in [3.63, 3.8) is 0 Å². The fourth-order valence-corrected chi connectivity index (χ4v) is 4.52. The number of allylic oxidation sites excluding steroid dienone is 2. The maximum Gasteiger partial charge on any atom is 0.249 e. The van der Waals surface area contributed by atoms with Crippen molar-refractivity contribution < 1.29 is 19.1 Å². The number of amides is 3. The summed E-state index contributed by atoms with van der Waals surface area (Å²) >= 11 is 1.32. The van der Waals surface area contributed by atoms with E-state index in [0.29, 0.717) is 23.7 Å². The summed E-state index contributed by atoms with van der Waals surface area (Å²) in [5.41, 5.74) is 0.745. The summed E-state index contributed by atoms with van der Waals surface area (Å²) in [6, 6.07) is 4.58. The molecular formula is C19H19N3O4S. The van der Waals surface area contributed by atoms with Gasteiger partial charge in [-0.15, -0.1) is 0 Å². The Balaban J connectivity index is 1.51. The maximum absolute atomic E-state index is 12.7. The van der Waals surface area contributed by atoms with E-state index >= 15 is 0 Å². The third-order valence-corrected chi connectivity index (χ3v) is 6.07. The Labute approximate surface area is 160 Å². The van der Waals surface area contributed by atoms with Crippen LogP contribution in [0.15, 0.2) is 30.4 Å². The first-order chi connectivity index (χ1) is 13.0. The summed E-state index contributed by atoms with van der Waals surface area (Å²) in [5, 5.41) is 3.16. The highest BCUT2D eigenvalue weighted by atomic mass is 32.1. The normalized spacial score (nSPS) is 22.8. The Morgan fingerprint density at radius 1 is 1.26 bits per heavy atom. The number of likely N-dealkylation sites (tertiary alicyclic amines) is 1. The summed E-state index contributed by atoms with van der Waals surface area (Å²) in [7, 11) is 1.59. The molecule has 1 aromatic heterocycles. The van der Waals surface area contributed by atoms with E-state index in [1.807, 2.05) is 24.3 Å². The molecule has 2 aliphatic rings. The van der Waals surface area contributed by atoms with Gasteiger partial charge in [0.25, 0.3) is 0 Å². The van der Waals surface area contributed by atoms with Gasteiger partial charge in [-0.05, 0) is 38.0 Å². The maximum atomic E-state index is 12.7. The molecule has 1 fully saturated rings. The van der Waals surface area contributed by atoms with Crippen LogP contribution < -0.4 is 10.1 Å². The second-order valence-electron chi connectivity index (χ2n) is 6.72. The molecular weight excluding hydrogens is 366 g/mol. The van der Waals surface area contributed by atoms with Crippen LogP contribution >= 0.6 is 11.3 Å². The SMILES string of the molecule is COc1ccc2nc(NC(=O)[C@H](C)N3C(=O)[C@H]4CC=CC[C@@H]4C3=O)sc2c1. The molecule has 2 heterocycles. The van der Waals surface area contributed by atoms with Crippen LogP contribution in [-0.4, -0.2) is 40.8 Å². The van der Waals surface area contributed by atoms with Gasteiger partial charge in [0, 0.05) is 0 Å². The second-order valence-corrected chi connectivity index (χ2v) is 7.75. The van der Waals surface area contributed by atoms with Crippen LogP contribution in [0.3, 0.4) is 0 Å². The fraction of sp³-hybridized carbons (Fsp3) is 0.368. The van der Waals surface area contributed by atoms with Gasteiger partial charge < -0.3 is 10.1 Å². The van der Waals surface area contributed by atoms with Crippen molar-refractivity contribution in [2.24, 2.45) is 11.8 Å². The lowest BCUT2D eigenvalue weighted by Crippen LogP contribution is -2.46. The minimum Gasteiger partial charge on any atom is -0.497 e. The van der Waals surface area contributed by atoms with Crippen LogP contribution in [0.5, 0.6) is 5.75 Å². The fourth-order valence-electron chi connectivity index (χ4n) is 3.62. The number of nitrogens with one attached hydrogen (secondary N) is 1. The molecule has 3 atom stereocenters. The van der Waals surface area contributed by atoms with Crippen LogP contribution in [-0.2, 0) is 14.4 Å². The van der Waals surface area contributed by atoms with Crippen LogP contribution in [0.4, 0.5) is 5.13 Å². The van der Waals surface area contributed by atoms with Gasteiger partial charge in [0.2, 0.25) is 17.7 Å². The van der Waals surface area contributed by atoms with Crippen LogP contribution in [0.2, 0.25) is 0 Å². The lowest BCUT2D eigenvalue weighted by atomic mass is 9.85. The number of methoxy groups -OCH3 is 1. The van der Waals surface area contributed by atoms with Crippen molar-refractivity contribution in [1.29, 1.82) is 0 Å². The molecule has 1 aliphatic heterocycles. The Morgan fingerprint density at radius 2 is 1.93 bits per heavy atom. The van der Waals surface area contributed by atoms with Crippen LogP contribution in [0.1, 0.15) is 19.8 Å². The number of hydrogen-bond donors (Lipinski definition) is 1. The predicted octanol–water partition coefficient (Wildman–Crippen LogP) is 2.58. The Kier molecular flexibility index (Phi) is 4.43. The molecule has 1 N–H and O–H groups in total. The van der Waals surface area contributed by atoms with Crippen molar-refractivity contribution in [2.45, 2.75) is 25.8 Å². The molecule has 0 unspecified atom stereocenters. The largest absolute Gasteiger partial charge is 0.497 e. The molecule has 1 aliphatic carbocycles. The Bertz CT molecular complexity index is 941. The zero-order chi connectivity index (χ0) is 19.1. The number of thiazole rings is 1. The number of carbonyl (C=O) groups is 3. The molecule has 2 aromatic rings. The number of nitrogens with zero attached hydrogens (tertiary/aromatic N) is 2. The molecule has 1 saturated heterocycles. The van der Waals surface area contributed by atoms with E-state index < -0.39 is 11.9 Å². The van der Waals surface area contributed by atoms with Gasteiger partial charge in [0.05, 0.1) is 29.2 Å². The number of aromatic nitrogens is 1. The molecule has 8 heteroatoms. The van der Waals surface area contributed by atoms with E-state index in [9.17, 15) is 14.4 Å². The molecule has 3 amide bonds.